The Kier molecular flexibility index (Phi) is 5.15. The molecule has 0 saturated carbocycles. The van der Waals surface area contributed by atoms with E-state index in [2.05, 4.69) is 24.1 Å². The van der Waals surface area contributed by atoms with Crippen LogP contribution in [0.1, 0.15) is 25.0 Å². The fourth-order valence-corrected chi connectivity index (χ4v) is 1.89. The van der Waals surface area contributed by atoms with Gasteiger partial charge in [-0.2, -0.15) is 0 Å². The molecule has 3 nitrogen and oxygen atoms in total. The number of pyridine rings is 1. The van der Waals surface area contributed by atoms with Gasteiger partial charge in [-0.05, 0) is 24.1 Å². The number of ether oxygens (including phenoxy) is 1. The topological polar surface area (TPSA) is 34.1 Å². The van der Waals surface area contributed by atoms with E-state index >= 15 is 0 Å². The molecule has 0 bridgehead atoms. The minimum Gasteiger partial charge on any atom is -0.439 e. The van der Waals surface area contributed by atoms with Gasteiger partial charge < -0.3 is 10.1 Å². The summed E-state index contributed by atoms with van der Waals surface area (Å²) in [6.07, 6.45) is 1.54. The van der Waals surface area contributed by atoms with E-state index in [1.54, 1.807) is 31.3 Å². The number of halogens is 2. The standard InChI is InChI=1S/C16H18ClFN2O/c1-10(2)19-8-12-6-16(20-9-14(12)17)21-13-5-4-11(3)15(18)7-13/h4-7,9-10,19H,8H2,1-3H3. The van der Waals surface area contributed by atoms with Gasteiger partial charge in [0.25, 0.3) is 0 Å². The molecule has 2 rings (SSSR count). The molecular formula is C16H18ClFN2O. The summed E-state index contributed by atoms with van der Waals surface area (Å²) in [5, 5.41) is 3.86. The number of nitrogens with one attached hydrogen (secondary N) is 1. The Morgan fingerprint density at radius 3 is 2.76 bits per heavy atom. The van der Waals surface area contributed by atoms with Crippen LogP contribution in [0.25, 0.3) is 0 Å². The van der Waals surface area contributed by atoms with Gasteiger partial charge in [0.15, 0.2) is 0 Å². The zero-order valence-electron chi connectivity index (χ0n) is 12.3. The Morgan fingerprint density at radius 1 is 1.33 bits per heavy atom. The Morgan fingerprint density at radius 2 is 2.10 bits per heavy atom. The minimum absolute atomic E-state index is 0.303. The molecule has 5 heteroatoms. The van der Waals surface area contributed by atoms with E-state index in [0.29, 0.717) is 34.8 Å². The molecule has 1 heterocycles. The van der Waals surface area contributed by atoms with Gasteiger partial charge in [0, 0.05) is 30.9 Å². The minimum atomic E-state index is -0.303. The molecule has 21 heavy (non-hydrogen) atoms. The van der Waals surface area contributed by atoms with E-state index in [1.807, 2.05) is 0 Å². The second-order valence-corrected chi connectivity index (χ2v) is 5.57. The van der Waals surface area contributed by atoms with Crippen LogP contribution in [0.3, 0.4) is 0 Å². The summed E-state index contributed by atoms with van der Waals surface area (Å²) < 4.78 is 19.1. The fourth-order valence-electron chi connectivity index (χ4n) is 1.72. The number of hydrogen-bond acceptors (Lipinski definition) is 3. The second kappa shape index (κ2) is 6.87. The highest BCUT2D eigenvalue weighted by atomic mass is 35.5. The maximum Gasteiger partial charge on any atom is 0.219 e. The van der Waals surface area contributed by atoms with Gasteiger partial charge in [0.05, 0.1) is 5.02 Å². The van der Waals surface area contributed by atoms with Crippen LogP contribution < -0.4 is 10.1 Å². The van der Waals surface area contributed by atoms with Crippen LogP contribution in [-0.2, 0) is 6.54 Å². The molecule has 0 aliphatic rings. The fraction of sp³-hybridized carbons (Fsp3) is 0.312. The smallest absolute Gasteiger partial charge is 0.219 e. The molecule has 0 spiro atoms. The molecule has 0 aliphatic heterocycles. The molecule has 0 saturated heterocycles. The highest BCUT2D eigenvalue weighted by Crippen LogP contribution is 2.25. The van der Waals surface area contributed by atoms with Gasteiger partial charge in [0.2, 0.25) is 5.88 Å². The summed E-state index contributed by atoms with van der Waals surface area (Å²) in [5.41, 5.74) is 1.47. The highest BCUT2D eigenvalue weighted by Gasteiger charge is 2.07. The van der Waals surface area contributed by atoms with Crippen LogP contribution in [0.5, 0.6) is 11.6 Å². The second-order valence-electron chi connectivity index (χ2n) is 5.16. The van der Waals surface area contributed by atoms with Crippen molar-refractivity contribution in [3.8, 4) is 11.6 Å². The lowest BCUT2D eigenvalue weighted by Crippen LogP contribution is -2.22. The zero-order chi connectivity index (χ0) is 15.4. The number of aromatic nitrogens is 1. The Hall–Kier alpha value is -1.65. The predicted molar refractivity (Wildman–Crippen MR) is 82.4 cm³/mol. The number of rotatable bonds is 5. The molecule has 0 radical (unpaired) electrons. The van der Waals surface area contributed by atoms with E-state index < -0.39 is 0 Å². The molecule has 1 aromatic heterocycles. The Balaban J connectivity index is 2.16. The quantitative estimate of drug-likeness (QED) is 0.884. The lowest BCUT2D eigenvalue weighted by atomic mass is 10.2. The van der Waals surface area contributed by atoms with E-state index in [-0.39, 0.29) is 5.82 Å². The summed E-state index contributed by atoms with van der Waals surface area (Å²) in [5.74, 6) is 0.502. The van der Waals surface area contributed by atoms with Crippen molar-refractivity contribution in [1.82, 2.24) is 10.3 Å². The molecule has 0 unspecified atom stereocenters. The van der Waals surface area contributed by atoms with Crippen molar-refractivity contribution >= 4 is 11.6 Å². The lowest BCUT2D eigenvalue weighted by molar-refractivity contribution is 0.456. The number of nitrogens with zero attached hydrogens (tertiary/aromatic N) is 1. The van der Waals surface area contributed by atoms with E-state index in [1.165, 1.54) is 6.07 Å². The van der Waals surface area contributed by atoms with Crippen LogP contribution in [0.15, 0.2) is 30.5 Å². The van der Waals surface area contributed by atoms with Crippen molar-refractivity contribution in [2.24, 2.45) is 0 Å². The number of benzene rings is 1. The summed E-state index contributed by atoms with van der Waals surface area (Å²) in [6, 6.07) is 6.83. The van der Waals surface area contributed by atoms with Gasteiger partial charge in [-0.25, -0.2) is 9.37 Å². The lowest BCUT2D eigenvalue weighted by Gasteiger charge is -2.11. The van der Waals surface area contributed by atoms with Crippen molar-refractivity contribution < 1.29 is 9.13 Å². The van der Waals surface area contributed by atoms with E-state index in [4.69, 9.17) is 16.3 Å². The first-order valence-corrected chi connectivity index (χ1v) is 7.15. The van der Waals surface area contributed by atoms with Crippen LogP contribution in [0, 0.1) is 12.7 Å². The maximum atomic E-state index is 13.5. The molecule has 0 atom stereocenters. The SMILES string of the molecule is Cc1ccc(Oc2cc(CNC(C)C)c(Cl)cn2)cc1F. The van der Waals surface area contributed by atoms with Crippen molar-refractivity contribution in [1.29, 1.82) is 0 Å². The molecule has 1 N–H and O–H groups in total. The summed E-state index contributed by atoms with van der Waals surface area (Å²) in [6.45, 7) is 6.44. The van der Waals surface area contributed by atoms with Gasteiger partial charge >= 0.3 is 0 Å². The first-order chi connectivity index (χ1) is 9.95. The van der Waals surface area contributed by atoms with Gasteiger partial charge in [-0.3, -0.25) is 0 Å². The third kappa shape index (κ3) is 4.41. The van der Waals surface area contributed by atoms with Gasteiger partial charge in [-0.15, -0.1) is 0 Å². The van der Waals surface area contributed by atoms with Crippen LogP contribution in [0.2, 0.25) is 5.02 Å². The average Bonchev–Trinajstić information content (AvgIpc) is 2.43. The van der Waals surface area contributed by atoms with Crippen molar-refractivity contribution in [3.05, 3.63) is 52.4 Å². The maximum absolute atomic E-state index is 13.5. The molecule has 112 valence electrons. The molecular weight excluding hydrogens is 291 g/mol. The third-order valence-corrected chi connectivity index (χ3v) is 3.32. The number of hydrogen-bond donors (Lipinski definition) is 1. The first-order valence-electron chi connectivity index (χ1n) is 6.77. The molecule has 0 amide bonds. The summed E-state index contributed by atoms with van der Waals surface area (Å²) in [4.78, 5) is 4.11. The largest absolute Gasteiger partial charge is 0.439 e. The zero-order valence-corrected chi connectivity index (χ0v) is 13.0. The first kappa shape index (κ1) is 15.7. The van der Waals surface area contributed by atoms with Crippen molar-refractivity contribution in [2.75, 3.05) is 0 Å². The predicted octanol–water partition coefficient (Wildman–Crippen LogP) is 4.47. The highest BCUT2D eigenvalue weighted by molar-refractivity contribution is 6.31. The molecule has 2 aromatic rings. The molecule has 1 aromatic carbocycles. The summed E-state index contributed by atoms with van der Waals surface area (Å²) in [7, 11) is 0. The van der Waals surface area contributed by atoms with E-state index in [9.17, 15) is 4.39 Å². The van der Waals surface area contributed by atoms with E-state index in [0.717, 1.165) is 5.56 Å². The number of aryl methyl sites for hydroxylation is 1. The Labute approximate surface area is 129 Å². The van der Waals surface area contributed by atoms with Gasteiger partial charge in [-0.1, -0.05) is 31.5 Å². The summed E-state index contributed by atoms with van der Waals surface area (Å²) >= 11 is 6.11. The average molecular weight is 309 g/mol. The molecule has 0 aliphatic carbocycles. The normalized spacial score (nSPS) is 11.0. The van der Waals surface area contributed by atoms with Crippen LogP contribution >= 0.6 is 11.6 Å². The van der Waals surface area contributed by atoms with Crippen molar-refractivity contribution in [3.63, 3.8) is 0 Å². The Bertz CT molecular complexity index is 632. The third-order valence-electron chi connectivity index (χ3n) is 2.98. The monoisotopic (exact) mass is 308 g/mol. The molecule has 0 fully saturated rings. The van der Waals surface area contributed by atoms with Crippen LogP contribution in [0.4, 0.5) is 4.39 Å². The van der Waals surface area contributed by atoms with Gasteiger partial charge in [0.1, 0.15) is 11.6 Å². The van der Waals surface area contributed by atoms with Crippen LogP contribution in [-0.4, -0.2) is 11.0 Å². The van der Waals surface area contributed by atoms with Crippen molar-refractivity contribution in [2.45, 2.75) is 33.4 Å².